The minimum Gasteiger partial charge on any atom is -0.351 e. The molecule has 0 unspecified atom stereocenters. The fourth-order valence-electron chi connectivity index (χ4n) is 0.690. The second-order valence-electron chi connectivity index (χ2n) is 1.92. The van der Waals surface area contributed by atoms with Gasteiger partial charge in [0.25, 0.3) is 5.91 Å². The zero-order valence-corrected chi connectivity index (χ0v) is 5.93. The predicted molar refractivity (Wildman–Crippen MR) is 33.4 cm³/mol. The number of hydrogen-bond donors (Lipinski definition) is 0. The molecule has 1 aliphatic heterocycles. The van der Waals surface area contributed by atoms with Crippen molar-refractivity contribution in [3.8, 4) is 0 Å². The Labute approximate surface area is 62.7 Å². The average molecular weight is 164 g/mol. The van der Waals surface area contributed by atoms with Gasteiger partial charge in [-0.1, -0.05) is 0 Å². The zero-order chi connectivity index (χ0) is 7.56. The van der Waals surface area contributed by atoms with Crippen molar-refractivity contribution in [2.45, 2.75) is 0 Å². The summed E-state index contributed by atoms with van der Waals surface area (Å²) in [5.74, 6) is -0.186. The van der Waals surface area contributed by atoms with Crippen molar-refractivity contribution in [1.29, 1.82) is 0 Å². The zero-order valence-electron chi connectivity index (χ0n) is 5.17. The summed E-state index contributed by atoms with van der Waals surface area (Å²) in [5.41, 5.74) is 0. The fraction of sp³-hybridized carbons (Fsp3) is 0.600. The van der Waals surface area contributed by atoms with Crippen LogP contribution in [0, 0.1) is 0 Å². The summed E-state index contributed by atoms with van der Waals surface area (Å²) in [6, 6.07) is 0. The van der Waals surface area contributed by atoms with Crippen LogP contribution >= 0.6 is 11.6 Å². The Kier molecular flexibility index (Phi) is 2.24. The maximum Gasteiger partial charge on any atom is 0.250 e. The first kappa shape index (κ1) is 7.50. The standard InChI is InChI=1S/C5H6ClNO3/c6-4(8)1-7-3-10-2-5(7)9/h1-3H2. The van der Waals surface area contributed by atoms with Crippen molar-refractivity contribution in [2.24, 2.45) is 0 Å². The molecule has 0 bridgehead atoms. The molecule has 0 aromatic rings. The number of carbonyl (C=O) groups excluding carboxylic acids is 2. The molecule has 1 saturated heterocycles. The first-order valence-corrected chi connectivity index (χ1v) is 3.12. The topological polar surface area (TPSA) is 46.6 Å². The lowest BCUT2D eigenvalue weighted by atomic mass is 10.5. The minimum atomic E-state index is -0.543. The van der Waals surface area contributed by atoms with Crippen LogP contribution in [0.15, 0.2) is 0 Å². The number of nitrogens with zero attached hydrogens (tertiary/aromatic N) is 1. The Hall–Kier alpha value is -0.610. The van der Waals surface area contributed by atoms with Crippen molar-refractivity contribution >= 4 is 22.8 Å². The molecule has 0 saturated carbocycles. The second kappa shape index (κ2) is 2.98. The lowest BCUT2D eigenvalue weighted by Gasteiger charge is -2.08. The van der Waals surface area contributed by atoms with E-state index >= 15 is 0 Å². The molecule has 0 aromatic carbocycles. The molecule has 1 fully saturated rings. The average Bonchev–Trinajstić information content (AvgIpc) is 2.15. The summed E-state index contributed by atoms with van der Waals surface area (Å²) < 4.78 is 4.74. The molecule has 0 N–H and O–H groups in total. The van der Waals surface area contributed by atoms with Crippen LogP contribution in [-0.2, 0) is 14.3 Å². The lowest BCUT2D eigenvalue weighted by molar-refractivity contribution is -0.129. The van der Waals surface area contributed by atoms with Crippen molar-refractivity contribution in [1.82, 2.24) is 4.90 Å². The van der Waals surface area contributed by atoms with Gasteiger partial charge in [0, 0.05) is 0 Å². The van der Waals surface area contributed by atoms with E-state index in [0.717, 1.165) is 0 Å². The first-order valence-electron chi connectivity index (χ1n) is 2.74. The molecular weight excluding hydrogens is 158 g/mol. The van der Waals surface area contributed by atoms with E-state index in [4.69, 9.17) is 16.3 Å². The Balaban J connectivity index is 2.40. The number of carbonyl (C=O) groups is 2. The van der Waals surface area contributed by atoms with E-state index in [1.165, 1.54) is 4.90 Å². The van der Waals surface area contributed by atoms with Crippen LogP contribution in [0.2, 0.25) is 0 Å². The van der Waals surface area contributed by atoms with Crippen molar-refractivity contribution in [2.75, 3.05) is 19.9 Å². The molecular formula is C5H6ClNO3. The highest BCUT2D eigenvalue weighted by Crippen LogP contribution is 2.00. The van der Waals surface area contributed by atoms with E-state index in [-0.39, 0.29) is 25.8 Å². The predicted octanol–water partition coefficient (Wildman–Crippen LogP) is -0.432. The molecule has 1 rings (SSSR count). The highest BCUT2D eigenvalue weighted by atomic mass is 35.5. The Bertz CT molecular complexity index is 170. The summed E-state index contributed by atoms with van der Waals surface area (Å²) >= 11 is 5.03. The van der Waals surface area contributed by atoms with E-state index < -0.39 is 5.24 Å². The van der Waals surface area contributed by atoms with Gasteiger partial charge in [-0.3, -0.25) is 9.59 Å². The molecule has 0 aromatic heterocycles. The van der Waals surface area contributed by atoms with Crippen molar-refractivity contribution < 1.29 is 14.3 Å². The molecule has 1 amide bonds. The van der Waals surface area contributed by atoms with Gasteiger partial charge in [-0.2, -0.15) is 0 Å². The van der Waals surface area contributed by atoms with E-state index in [1.54, 1.807) is 0 Å². The molecule has 0 aliphatic carbocycles. The van der Waals surface area contributed by atoms with Crippen molar-refractivity contribution in [3.05, 3.63) is 0 Å². The monoisotopic (exact) mass is 163 g/mol. The van der Waals surface area contributed by atoms with Gasteiger partial charge in [-0.05, 0) is 11.6 Å². The van der Waals surface area contributed by atoms with Crippen LogP contribution in [-0.4, -0.2) is 35.9 Å². The SMILES string of the molecule is O=C(Cl)CN1COCC1=O. The van der Waals surface area contributed by atoms with Gasteiger partial charge < -0.3 is 9.64 Å². The van der Waals surface area contributed by atoms with E-state index in [2.05, 4.69) is 0 Å². The molecule has 4 nitrogen and oxygen atoms in total. The highest BCUT2D eigenvalue weighted by Gasteiger charge is 2.21. The van der Waals surface area contributed by atoms with Crippen LogP contribution in [0.25, 0.3) is 0 Å². The molecule has 0 radical (unpaired) electrons. The number of ether oxygens (including phenoxy) is 1. The van der Waals surface area contributed by atoms with Gasteiger partial charge in [0.15, 0.2) is 0 Å². The first-order chi connectivity index (χ1) is 4.70. The fourth-order valence-corrected chi connectivity index (χ4v) is 0.835. The van der Waals surface area contributed by atoms with Crippen LogP contribution in [0.5, 0.6) is 0 Å². The van der Waals surface area contributed by atoms with Crippen LogP contribution in [0.4, 0.5) is 0 Å². The summed E-state index contributed by atoms with van der Waals surface area (Å²) in [7, 11) is 0. The van der Waals surface area contributed by atoms with Crippen LogP contribution in [0.3, 0.4) is 0 Å². The molecule has 1 aliphatic rings. The Morgan fingerprint density at radius 1 is 1.80 bits per heavy atom. The third-order valence-corrected chi connectivity index (χ3v) is 1.26. The van der Waals surface area contributed by atoms with Gasteiger partial charge in [0.2, 0.25) is 5.24 Å². The summed E-state index contributed by atoms with van der Waals surface area (Å²) in [6.45, 7) is 0.182. The molecule has 0 atom stereocenters. The summed E-state index contributed by atoms with van der Waals surface area (Å²) in [4.78, 5) is 22.2. The maximum absolute atomic E-state index is 10.7. The number of hydrogen-bond acceptors (Lipinski definition) is 3. The van der Waals surface area contributed by atoms with Crippen LogP contribution < -0.4 is 0 Å². The van der Waals surface area contributed by atoms with Gasteiger partial charge >= 0.3 is 0 Å². The third kappa shape index (κ3) is 1.68. The summed E-state index contributed by atoms with van der Waals surface area (Å²) in [6.07, 6.45) is 0. The molecule has 10 heavy (non-hydrogen) atoms. The van der Waals surface area contributed by atoms with E-state index in [0.29, 0.717) is 0 Å². The second-order valence-corrected chi connectivity index (χ2v) is 2.35. The maximum atomic E-state index is 10.7. The molecule has 1 heterocycles. The van der Waals surface area contributed by atoms with Crippen LogP contribution in [0.1, 0.15) is 0 Å². The molecule has 5 heteroatoms. The van der Waals surface area contributed by atoms with E-state index in [1.807, 2.05) is 0 Å². The number of amides is 1. The van der Waals surface area contributed by atoms with Gasteiger partial charge in [-0.25, -0.2) is 0 Å². The van der Waals surface area contributed by atoms with Gasteiger partial charge in [-0.15, -0.1) is 0 Å². The smallest absolute Gasteiger partial charge is 0.250 e. The third-order valence-electron chi connectivity index (χ3n) is 1.14. The quantitative estimate of drug-likeness (QED) is 0.519. The number of halogens is 1. The van der Waals surface area contributed by atoms with Gasteiger partial charge in [0.05, 0.1) is 6.54 Å². The van der Waals surface area contributed by atoms with Crippen molar-refractivity contribution in [3.63, 3.8) is 0 Å². The minimum absolute atomic E-state index is 0.0552. The Morgan fingerprint density at radius 2 is 2.50 bits per heavy atom. The Morgan fingerprint density at radius 3 is 2.90 bits per heavy atom. The van der Waals surface area contributed by atoms with E-state index in [9.17, 15) is 9.59 Å². The normalized spacial score (nSPS) is 18.1. The molecule has 56 valence electrons. The molecule has 0 spiro atoms. The highest BCUT2D eigenvalue weighted by molar-refractivity contribution is 6.64. The van der Waals surface area contributed by atoms with Gasteiger partial charge in [0.1, 0.15) is 13.3 Å². The summed E-state index contributed by atoms with van der Waals surface area (Å²) in [5, 5.41) is -0.543. The lowest BCUT2D eigenvalue weighted by Crippen LogP contribution is -2.29. The largest absolute Gasteiger partial charge is 0.351 e. The number of rotatable bonds is 2.